The van der Waals surface area contributed by atoms with E-state index in [9.17, 15) is 0 Å². The average Bonchev–Trinajstić information content (AvgIpc) is 3.30. The van der Waals surface area contributed by atoms with Crippen molar-refractivity contribution < 1.29 is 0 Å². The summed E-state index contributed by atoms with van der Waals surface area (Å²) in [4.78, 5) is 6.03. The molecule has 1 aromatic carbocycles. The van der Waals surface area contributed by atoms with E-state index in [2.05, 4.69) is 71.3 Å². The smallest absolute Gasteiger partial charge is 0.103 e. The van der Waals surface area contributed by atoms with Gasteiger partial charge in [-0.2, -0.15) is 0 Å². The topological polar surface area (TPSA) is 8.17 Å². The maximum absolute atomic E-state index is 2.89. The van der Waals surface area contributed by atoms with E-state index >= 15 is 0 Å². The number of aryl methyl sites for hydroxylation is 2. The molecule has 0 unspecified atom stereocenters. The van der Waals surface area contributed by atoms with Crippen LogP contribution in [0.5, 0.6) is 0 Å². The molecule has 4 aliphatic carbocycles. The third-order valence-corrected chi connectivity index (χ3v) is 10.0. The summed E-state index contributed by atoms with van der Waals surface area (Å²) in [6, 6.07) is 11.6. The van der Waals surface area contributed by atoms with E-state index in [1.807, 2.05) is 0 Å². The van der Waals surface area contributed by atoms with Crippen molar-refractivity contribution in [2.24, 2.45) is 30.7 Å². The van der Waals surface area contributed by atoms with E-state index in [0.29, 0.717) is 0 Å². The summed E-state index contributed by atoms with van der Waals surface area (Å²) < 4.78 is 2.35. The summed E-state index contributed by atoms with van der Waals surface area (Å²) in [5.41, 5.74) is 4.91. The fourth-order valence-electron chi connectivity index (χ4n) is 8.01. The Hall–Kier alpha value is -1.74. The van der Waals surface area contributed by atoms with Gasteiger partial charge in [0.05, 0.1) is 12.1 Å². The highest BCUT2D eigenvalue weighted by Crippen LogP contribution is 2.68. The quantitative estimate of drug-likeness (QED) is 0.480. The lowest BCUT2D eigenvalue weighted by molar-refractivity contribution is -0.0581. The van der Waals surface area contributed by atoms with Gasteiger partial charge in [0.2, 0.25) is 0 Å². The van der Waals surface area contributed by atoms with Crippen molar-refractivity contribution in [2.75, 3.05) is 4.90 Å². The van der Waals surface area contributed by atoms with Gasteiger partial charge >= 0.3 is 0 Å². The molecule has 0 amide bonds. The molecule has 2 aromatic heterocycles. The maximum Gasteiger partial charge on any atom is 0.103 e. The molecule has 4 bridgehead atoms. The third-order valence-electron chi connectivity index (χ3n) is 8.72. The molecule has 4 fully saturated rings. The number of hydrogen-bond donors (Lipinski definition) is 0. The first-order chi connectivity index (χ1) is 13.7. The molecule has 4 saturated carbocycles. The highest BCUT2D eigenvalue weighted by atomic mass is 32.1. The number of thiophene rings is 1. The number of anilines is 1. The van der Waals surface area contributed by atoms with E-state index in [-0.39, 0.29) is 5.54 Å². The van der Waals surface area contributed by atoms with Crippen molar-refractivity contribution in [3.63, 3.8) is 0 Å². The zero-order chi connectivity index (χ0) is 18.6. The Bertz CT molecular complexity index is 1080. The van der Waals surface area contributed by atoms with Gasteiger partial charge in [0, 0.05) is 34.8 Å². The molecule has 3 heterocycles. The summed E-state index contributed by atoms with van der Waals surface area (Å²) in [5.74, 6) is 3.67. The van der Waals surface area contributed by atoms with Crippen molar-refractivity contribution in [3.05, 3.63) is 52.5 Å². The van der Waals surface area contributed by atoms with Crippen LogP contribution in [0.25, 0.3) is 10.2 Å². The zero-order valence-corrected chi connectivity index (χ0v) is 17.6. The lowest BCUT2D eigenvalue weighted by Gasteiger charge is -2.63. The Labute approximate surface area is 171 Å². The first kappa shape index (κ1) is 16.1. The Morgan fingerprint density at radius 2 is 1.68 bits per heavy atom. The van der Waals surface area contributed by atoms with Gasteiger partial charge in [-0.1, -0.05) is 18.2 Å². The molecule has 3 aromatic rings. The maximum atomic E-state index is 2.89. The highest BCUT2D eigenvalue weighted by molar-refractivity contribution is 7.19. The summed E-state index contributed by atoms with van der Waals surface area (Å²) in [5, 5.41) is 1.56. The van der Waals surface area contributed by atoms with Gasteiger partial charge in [0.25, 0.3) is 0 Å². The minimum Gasteiger partial charge on any atom is -0.356 e. The number of benzene rings is 1. The number of fused-ring (bicyclic) bond motifs is 3. The largest absolute Gasteiger partial charge is 0.356 e. The van der Waals surface area contributed by atoms with Gasteiger partial charge in [0.15, 0.2) is 0 Å². The molecule has 0 saturated heterocycles. The first-order valence-electron chi connectivity index (χ1n) is 11.1. The SMILES string of the molecule is Cc1ccccc1N1Cc2sc3c(ccn3C)c2C12C1CC3CC(C1)CC2C3. The molecular formula is C25H28N2S. The van der Waals surface area contributed by atoms with E-state index in [1.54, 1.807) is 15.8 Å². The Morgan fingerprint density at radius 1 is 0.964 bits per heavy atom. The lowest BCUT2D eigenvalue weighted by atomic mass is 9.47. The molecular weight excluding hydrogens is 360 g/mol. The predicted octanol–water partition coefficient (Wildman–Crippen LogP) is 6.22. The molecule has 0 atom stereocenters. The van der Waals surface area contributed by atoms with Crippen LogP contribution in [0.3, 0.4) is 0 Å². The van der Waals surface area contributed by atoms with Crippen molar-refractivity contribution in [1.82, 2.24) is 4.57 Å². The highest BCUT2D eigenvalue weighted by Gasteiger charge is 2.64. The Kier molecular flexibility index (Phi) is 3.01. The van der Waals surface area contributed by atoms with Crippen LogP contribution < -0.4 is 4.90 Å². The van der Waals surface area contributed by atoms with Crippen molar-refractivity contribution in [3.8, 4) is 0 Å². The van der Waals surface area contributed by atoms with Crippen LogP contribution in [0.4, 0.5) is 5.69 Å². The van der Waals surface area contributed by atoms with Crippen molar-refractivity contribution in [1.29, 1.82) is 0 Å². The van der Waals surface area contributed by atoms with Gasteiger partial charge in [-0.15, -0.1) is 11.3 Å². The number of hydrogen-bond acceptors (Lipinski definition) is 2. The van der Waals surface area contributed by atoms with Gasteiger partial charge in [-0.05, 0) is 80.4 Å². The van der Waals surface area contributed by atoms with Crippen LogP contribution in [0.15, 0.2) is 36.5 Å². The fourth-order valence-corrected chi connectivity index (χ4v) is 9.30. The average molecular weight is 389 g/mol. The zero-order valence-electron chi connectivity index (χ0n) is 16.8. The van der Waals surface area contributed by atoms with Crippen LogP contribution >= 0.6 is 11.3 Å². The molecule has 8 rings (SSSR count). The molecule has 3 heteroatoms. The minimum absolute atomic E-state index is 0.245. The molecule has 2 nitrogen and oxygen atoms in total. The van der Waals surface area contributed by atoms with Crippen LogP contribution in [0.2, 0.25) is 0 Å². The monoisotopic (exact) mass is 388 g/mol. The summed E-state index contributed by atoms with van der Waals surface area (Å²) in [7, 11) is 2.22. The second-order valence-corrected chi connectivity index (χ2v) is 11.1. The first-order valence-corrected chi connectivity index (χ1v) is 11.9. The van der Waals surface area contributed by atoms with E-state index in [4.69, 9.17) is 0 Å². The molecule has 1 spiro atoms. The summed E-state index contributed by atoms with van der Waals surface area (Å²) in [6.45, 7) is 3.42. The van der Waals surface area contributed by atoms with E-state index < -0.39 is 0 Å². The van der Waals surface area contributed by atoms with Crippen LogP contribution in [-0.2, 0) is 19.1 Å². The summed E-state index contributed by atoms with van der Waals surface area (Å²) in [6.07, 6.45) is 9.63. The number of rotatable bonds is 1. The molecule has 0 radical (unpaired) electrons. The van der Waals surface area contributed by atoms with Crippen LogP contribution in [-0.4, -0.2) is 4.57 Å². The van der Waals surface area contributed by atoms with Crippen LogP contribution in [0, 0.1) is 30.6 Å². The van der Waals surface area contributed by atoms with E-state index in [0.717, 1.165) is 30.2 Å². The van der Waals surface area contributed by atoms with Gasteiger partial charge in [0.1, 0.15) is 4.83 Å². The van der Waals surface area contributed by atoms with Gasteiger partial charge in [-0.3, -0.25) is 0 Å². The standard InChI is InChI=1S/C25H28N2S/c1-15-5-3-4-6-21(15)27-14-22-23(20-7-8-26(2)24(20)28-22)25(27)18-10-16-9-17(12-18)13-19(25)11-16/h3-8,16-19H,9-14H2,1-2H3. The molecule has 144 valence electrons. The number of aromatic nitrogens is 1. The number of nitrogens with zero attached hydrogens (tertiary/aromatic N) is 2. The number of para-hydroxylation sites is 1. The Balaban J connectivity index is 1.52. The van der Waals surface area contributed by atoms with Crippen molar-refractivity contribution >= 4 is 27.2 Å². The minimum atomic E-state index is 0.245. The molecule has 0 N–H and O–H groups in total. The predicted molar refractivity (Wildman–Crippen MR) is 117 cm³/mol. The molecule has 5 aliphatic rings. The Morgan fingerprint density at radius 3 is 2.39 bits per heavy atom. The molecule has 1 aliphatic heterocycles. The lowest BCUT2D eigenvalue weighted by Crippen LogP contribution is -2.61. The van der Waals surface area contributed by atoms with Gasteiger partial charge in [-0.25, -0.2) is 0 Å². The third kappa shape index (κ3) is 1.76. The summed E-state index contributed by atoms with van der Waals surface area (Å²) >= 11 is 2.06. The van der Waals surface area contributed by atoms with Gasteiger partial charge < -0.3 is 9.47 Å². The second kappa shape index (κ2) is 5.24. The fraction of sp³-hybridized carbons (Fsp3) is 0.520. The van der Waals surface area contributed by atoms with E-state index in [1.165, 1.54) is 48.2 Å². The second-order valence-electron chi connectivity index (χ2n) is 10.0. The normalized spacial score (nSPS) is 35.4. The van der Waals surface area contributed by atoms with Crippen molar-refractivity contribution in [2.45, 2.75) is 51.1 Å². The molecule has 28 heavy (non-hydrogen) atoms. The van der Waals surface area contributed by atoms with Crippen LogP contribution in [0.1, 0.15) is 48.1 Å².